The second kappa shape index (κ2) is 3.64. The predicted molar refractivity (Wildman–Crippen MR) is 46.6 cm³/mol. The van der Waals surface area contributed by atoms with Gasteiger partial charge in [-0.15, -0.1) is 0 Å². The summed E-state index contributed by atoms with van der Waals surface area (Å²) in [5.41, 5.74) is 8.47. The van der Waals surface area contributed by atoms with Crippen molar-refractivity contribution in [1.82, 2.24) is 0 Å². The van der Waals surface area contributed by atoms with Crippen molar-refractivity contribution in [2.45, 2.75) is 38.7 Å². The number of rotatable bonds is 3. The number of azide groups is 1. The van der Waals surface area contributed by atoms with E-state index in [1.54, 1.807) is 0 Å². The van der Waals surface area contributed by atoms with Crippen LogP contribution in [0.3, 0.4) is 0 Å². The summed E-state index contributed by atoms with van der Waals surface area (Å²) in [7, 11) is -1.23. The fraction of sp³-hybridized carbons (Fsp3) is 1.00. The lowest BCUT2D eigenvalue weighted by atomic mass is 10.5. The molecule has 0 aliphatic heterocycles. The van der Waals surface area contributed by atoms with Crippen molar-refractivity contribution in [1.29, 1.82) is 0 Å². The second-order valence-electron chi connectivity index (χ2n) is 3.49. The molecule has 0 saturated heterocycles. The quantitative estimate of drug-likeness (QED) is 0.262. The molecule has 1 unspecified atom stereocenters. The van der Waals surface area contributed by atoms with Crippen molar-refractivity contribution in [3.8, 4) is 0 Å². The van der Waals surface area contributed by atoms with Crippen LogP contribution in [0.2, 0.25) is 19.6 Å². The molecule has 0 aromatic rings. The molecule has 0 fully saturated rings. The highest BCUT2D eigenvalue weighted by atomic mass is 28.3. The third-order valence-corrected chi connectivity index (χ3v) is 4.10. The van der Waals surface area contributed by atoms with Gasteiger partial charge in [0.25, 0.3) is 0 Å². The Balaban J connectivity index is 4.20. The highest BCUT2D eigenvalue weighted by Gasteiger charge is 2.23. The van der Waals surface area contributed by atoms with Gasteiger partial charge in [0.15, 0.2) is 0 Å². The van der Waals surface area contributed by atoms with Crippen LogP contribution in [0.5, 0.6) is 0 Å². The molecule has 0 aliphatic carbocycles. The van der Waals surface area contributed by atoms with Crippen molar-refractivity contribution in [2.75, 3.05) is 0 Å². The maximum Gasteiger partial charge on any atom is 0.0546 e. The molecule has 4 heteroatoms. The van der Waals surface area contributed by atoms with Crippen LogP contribution in [0.1, 0.15) is 13.3 Å². The van der Waals surface area contributed by atoms with Crippen LogP contribution in [0.15, 0.2) is 5.11 Å². The van der Waals surface area contributed by atoms with Crippen LogP contribution < -0.4 is 0 Å². The maximum absolute atomic E-state index is 8.21. The molecule has 0 aromatic heterocycles. The van der Waals surface area contributed by atoms with Crippen LogP contribution in [-0.2, 0) is 0 Å². The molecule has 1 atom stereocenters. The molecular formula is C6H15N3Si. The molecule has 0 aliphatic rings. The molecule has 0 amide bonds. The minimum Gasteiger partial charge on any atom is -0.0936 e. The molecule has 0 rings (SSSR count). The molecule has 10 heavy (non-hydrogen) atoms. The first-order valence-corrected chi connectivity index (χ1v) is 7.14. The van der Waals surface area contributed by atoms with Gasteiger partial charge in [0.2, 0.25) is 0 Å². The smallest absolute Gasteiger partial charge is 0.0546 e. The van der Waals surface area contributed by atoms with Crippen LogP contribution in [0.25, 0.3) is 10.4 Å². The van der Waals surface area contributed by atoms with E-state index in [-0.39, 0.29) is 5.67 Å². The summed E-state index contributed by atoms with van der Waals surface area (Å²) in [5, 5.41) is 3.76. The van der Waals surface area contributed by atoms with Gasteiger partial charge in [-0.3, -0.25) is 0 Å². The fourth-order valence-corrected chi connectivity index (χ4v) is 2.55. The lowest BCUT2D eigenvalue weighted by Gasteiger charge is -2.22. The molecule has 0 spiro atoms. The summed E-state index contributed by atoms with van der Waals surface area (Å²) in [4.78, 5) is 2.83. The first-order chi connectivity index (χ1) is 4.52. The van der Waals surface area contributed by atoms with E-state index >= 15 is 0 Å². The minimum absolute atomic E-state index is 0.262. The van der Waals surface area contributed by atoms with E-state index in [1.165, 1.54) is 0 Å². The Morgan fingerprint density at radius 2 is 2.00 bits per heavy atom. The van der Waals surface area contributed by atoms with E-state index in [0.717, 1.165) is 6.42 Å². The zero-order valence-electron chi connectivity index (χ0n) is 7.13. The van der Waals surface area contributed by atoms with Gasteiger partial charge in [-0.25, -0.2) is 0 Å². The summed E-state index contributed by atoms with van der Waals surface area (Å²) in [6.45, 7) is 8.72. The minimum atomic E-state index is -1.23. The van der Waals surface area contributed by atoms with E-state index in [9.17, 15) is 0 Å². The molecule has 3 nitrogen and oxygen atoms in total. The summed E-state index contributed by atoms with van der Waals surface area (Å²) < 4.78 is 0. The van der Waals surface area contributed by atoms with Gasteiger partial charge in [0.1, 0.15) is 0 Å². The second-order valence-corrected chi connectivity index (χ2v) is 8.89. The molecule has 0 radical (unpaired) electrons. The Kier molecular flexibility index (Phi) is 3.46. The van der Waals surface area contributed by atoms with E-state index in [1.807, 2.05) is 0 Å². The zero-order valence-corrected chi connectivity index (χ0v) is 8.13. The third kappa shape index (κ3) is 2.89. The number of hydrogen-bond donors (Lipinski definition) is 0. The first-order valence-electron chi connectivity index (χ1n) is 3.56. The average molecular weight is 157 g/mol. The van der Waals surface area contributed by atoms with Gasteiger partial charge < -0.3 is 0 Å². The van der Waals surface area contributed by atoms with Crippen LogP contribution in [0.4, 0.5) is 0 Å². The Morgan fingerprint density at radius 3 is 2.10 bits per heavy atom. The van der Waals surface area contributed by atoms with Crippen LogP contribution in [0, 0.1) is 0 Å². The Labute approximate surface area is 63.1 Å². The van der Waals surface area contributed by atoms with Gasteiger partial charge in [-0.1, -0.05) is 38.1 Å². The Morgan fingerprint density at radius 1 is 1.50 bits per heavy atom. The van der Waals surface area contributed by atoms with Gasteiger partial charge in [-0.2, -0.15) is 0 Å². The molecule has 0 bridgehead atoms. The van der Waals surface area contributed by atoms with Crippen molar-refractivity contribution in [2.24, 2.45) is 5.11 Å². The first kappa shape index (κ1) is 9.53. The summed E-state index contributed by atoms with van der Waals surface area (Å²) >= 11 is 0. The van der Waals surface area contributed by atoms with E-state index in [2.05, 4.69) is 36.6 Å². The van der Waals surface area contributed by atoms with Crippen LogP contribution >= 0.6 is 0 Å². The van der Waals surface area contributed by atoms with Gasteiger partial charge in [0, 0.05) is 10.6 Å². The normalized spacial score (nSPS) is 14.0. The lowest BCUT2D eigenvalue weighted by Crippen LogP contribution is -2.35. The summed E-state index contributed by atoms with van der Waals surface area (Å²) in [5.74, 6) is 0. The SMILES string of the molecule is CCC(N=[N+]=[N-])[Si](C)(C)C. The van der Waals surface area contributed by atoms with Gasteiger partial charge in [0.05, 0.1) is 8.07 Å². The van der Waals surface area contributed by atoms with Crippen LogP contribution in [-0.4, -0.2) is 13.7 Å². The highest BCUT2D eigenvalue weighted by Crippen LogP contribution is 2.14. The van der Waals surface area contributed by atoms with Gasteiger partial charge in [-0.05, 0) is 5.53 Å². The van der Waals surface area contributed by atoms with E-state index < -0.39 is 8.07 Å². The van der Waals surface area contributed by atoms with E-state index in [4.69, 9.17) is 5.53 Å². The zero-order chi connectivity index (χ0) is 8.20. The standard InChI is InChI=1S/C6H15N3Si/c1-5-6(8-9-7)10(2,3)4/h6H,5H2,1-4H3. The van der Waals surface area contributed by atoms with Crippen molar-refractivity contribution >= 4 is 8.07 Å². The third-order valence-electron chi connectivity index (χ3n) is 1.58. The topological polar surface area (TPSA) is 48.8 Å². The van der Waals surface area contributed by atoms with Crippen molar-refractivity contribution in [3.05, 3.63) is 10.4 Å². The molecule has 58 valence electrons. The summed E-state index contributed by atoms with van der Waals surface area (Å²) in [6.07, 6.45) is 0.972. The fourth-order valence-electron chi connectivity index (χ4n) is 0.930. The number of hydrogen-bond acceptors (Lipinski definition) is 1. The highest BCUT2D eigenvalue weighted by molar-refractivity contribution is 6.77. The molecular weight excluding hydrogens is 142 g/mol. The van der Waals surface area contributed by atoms with Crippen molar-refractivity contribution in [3.63, 3.8) is 0 Å². The molecule has 0 saturated carbocycles. The molecule has 0 N–H and O–H groups in total. The van der Waals surface area contributed by atoms with Crippen molar-refractivity contribution < 1.29 is 0 Å². The monoisotopic (exact) mass is 157 g/mol. The van der Waals surface area contributed by atoms with E-state index in [0.29, 0.717) is 0 Å². The maximum atomic E-state index is 8.21. The Hall–Kier alpha value is -0.473. The Bertz CT molecular complexity index is 144. The molecule has 0 heterocycles. The largest absolute Gasteiger partial charge is 0.0936 e. The predicted octanol–water partition coefficient (Wildman–Crippen LogP) is 2.95. The van der Waals surface area contributed by atoms with Gasteiger partial charge >= 0.3 is 0 Å². The lowest BCUT2D eigenvalue weighted by molar-refractivity contribution is 0.812. The summed E-state index contributed by atoms with van der Waals surface area (Å²) in [6, 6.07) is 0. The average Bonchev–Trinajstić information content (AvgIpc) is 1.80. The number of nitrogens with zero attached hydrogens (tertiary/aromatic N) is 3. The molecule has 0 aromatic carbocycles.